The van der Waals surface area contributed by atoms with Gasteiger partial charge < -0.3 is 10.5 Å². The summed E-state index contributed by atoms with van der Waals surface area (Å²) >= 11 is 4.89. The average molecular weight is 329 g/mol. The van der Waals surface area contributed by atoms with Crippen LogP contribution >= 0.6 is 12.2 Å². The van der Waals surface area contributed by atoms with Crippen molar-refractivity contribution < 1.29 is 13.2 Å². The number of thiocarbonyl (C=S) groups is 1. The van der Waals surface area contributed by atoms with Crippen LogP contribution in [0.15, 0.2) is 23.2 Å². The number of nitrogens with zero attached hydrogens (tertiary/aromatic N) is 2. The third-order valence-corrected chi connectivity index (χ3v) is 5.72. The van der Waals surface area contributed by atoms with E-state index in [2.05, 4.69) is 4.98 Å². The van der Waals surface area contributed by atoms with E-state index >= 15 is 0 Å². The van der Waals surface area contributed by atoms with Gasteiger partial charge in [-0.15, -0.1) is 0 Å². The number of pyridine rings is 1. The van der Waals surface area contributed by atoms with E-state index in [0.717, 1.165) is 12.8 Å². The summed E-state index contributed by atoms with van der Waals surface area (Å²) in [5.74, 6) is 0.408. The highest BCUT2D eigenvalue weighted by atomic mass is 32.2. The lowest BCUT2D eigenvalue weighted by atomic mass is 9.99. The topological polar surface area (TPSA) is 85.5 Å². The quantitative estimate of drug-likeness (QED) is 0.803. The van der Waals surface area contributed by atoms with Gasteiger partial charge in [0.25, 0.3) is 0 Å². The van der Waals surface area contributed by atoms with Gasteiger partial charge in [0, 0.05) is 33.0 Å². The molecule has 2 N–H and O–H groups in total. The lowest BCUT2D eigenvalue weighted by Crippen LogP contribution is -2.40. The van der Waals surface area contributed by atoms with Gasteiger partial charge in [-0.05, 0) is 30.9 Å². The Morgan fingerprint density at radius 2 is 2.19 bits per heavy atom. The summed E-state index contributed by atoms with van der Waals surface area (Å²) in [7, 11) is -1.95. The van der Waals surface area contributed by atoms with Gasteiger partial charge in [0.15, 0.2) is 0 Å². The van der Waals surface area contributed by atoms with Crippen molar-refractivity contribution in [3.63, 3.8) is 0 Å². The van der Waals surface area contributed by atoms with E-state index in [9.17, 15) is 8.42 Å². The van der Waals surface area contributed by atoms with Crippen LogP contribution in [0.4, 0.5) is 0 Å². The minimum atomic E-state index is -3.61. The first-order valence-corrected chi connectivity index (χ1v) is 8.55. The fourth-order valence-corrected chi connectivity index (χ4v) is 4.33. The second-order valence-corrected chi connectivity index (χ2v) is 7.36. The highest BCUT2D eigenvalue weighted by Gasteiger charge is 2.31. The molecular formula is C13H19N3O3S2. The number of piperidine rings is 1. The van der Waals surface area contributed by atoms with Gasteiger partial charge in [0.2, 0.25) is 10.0 Å². The minimum Gasteiger partial charge on any atom is -0.388 e. The summed E-state index contributed by atoms with van der Waals surface area (Å²) in [6, 6.07) is 3.07. The predicted octanol–water partition coefficient (Wildman–Crippen LogP) is 0.763. The molecule has 0 saturated carbocycles. The molecule has 0 radical (unpaired) electrons. The molecule has 1 aromatic heterocycles. The molecular weight excluding hydrogens is 310 g/mol. The molecule has 6 nitrogen and oxygen atoms in total. The van der Waals surface area contributed by atoms with Crippen LogP contribution in [0.25, 0.3) is 0 Å². The van der Waals surface area contributed by atoms with Crippen molar-refractivity contribution in [1.82, 2.24) is 9.29 Å². The molecule has 0 atom stereocenters. The molecule has 2 rings (SSSR count). The molecule has 0 aromatic carbocycles. The molecule has 0 spiro atoms. The molecule has 1 fully saturated rings. The molecule has 1 saturated heterocycles. The Balaban J connectivity index is 2.22. The molecule has 0 unspecified atom stereocenters. The zero-order chi connectivity index (χ0) is 15.5. The van der Waals surface area contributed by atoms with E-state index in [1.807, 2.05) is 0 Å². The van der Waals surface area contributed by atoms with Gasteiger partial charge in [-0.1, -0.05) is 12.2 Å². The lowest BCUT2D eigenvalue weighted by molar-refractivity contribution is 0.121. The Labute approximate surface area is 130 Å². The zero-order valence-electron chi connectivity index (χ0n) is 11.9. The molecule has 21 heavy (non-hydrogen) atoms. The number of aromatic nitrogens is 1. The Kier molecular flexibility index (Phi) is 5.26. The van der Waals surface area contributed by atoms with Crippen molar-refractivity contribution in [3.8, 4) is 0 Å². The fourth-order valence-electron chi connectivity index (χ4n) is 2.47. The first-order chi connectivity index (χ1) is 9.96. The van der Waals surface area contributed by atoms with Crippen molar-refractivity contribution in [2.45, 2.75) is 17.7 Å². The first kappa shape index (κ1) is 16.3. The summed E-state index contributed by atoms with van der Waals surface area (Å²) < 4.78 is 32.0. The Bertz CT molecular complexity index is 611. The number of nitrogens with two attached hydrogens (primary N) is 1. The Morgan fingerprint density at radius 1 is 1.52 bits per heavy atom. The molecule has 0 amide bonds. The summed E-state index contributed by atoms with van der Waals surface area (Å²) in [5, 5.41) is 0. The van der Waals surface area contributed by atoms with Crippen molar-refractivity contribution in [2.75, 3.05) is 26.8 Å². The van der Waals surface area contributed by atoms with Crippen LogP contribution in [-0.4, -0.2) is 49.5 Å². The van der Waals surface area contributed by atoms with Gasteiger partial charge in [-0.3, -0.25) is 4.98 Å². The summed E-state index contributed by atoms with van der Waals surface area (Å²) in [4.78, 5) is 4.07. The molecule has 116 valence electrons. The molecule has 2 heterocycles. The van der Waals surface area contributed by atoms with Gasteiger partial charge in [-0.25, -0.2) is 8.42 Å². The van der Waals surface area contributed by atoms with Gasteiger partial charge in [0.1, 0.15) is 15.6 Å². The smallest absolute Gasteiger partial charge is 0.245 e. The van der Waals surface area contributed by atoms with E-state index in [4.69, 9.17) is 22.7 Å². The second kappa shape index (κ2) is 6.78. The molecule has 1 aliphatic heterocycles. The maximum atomic E-state index is 12.7. The largest absolute Gasteiger partial charge is 0.388 e. The highest BCUT2D eigenvalue weighted by Crippen LogP contribution is 2.25. The standard InChI is InChI=1S/C13H19N3O3S2/c1-19-9-10-4-7-16(8-5-10)21(17,18)11-3-2-6-15-12(11)13(14)20/h2-3,6,10H,4-5,7-9H2,1H3,(H2,14,20). The number of rotatable bonds is 5. The number of hydrogen-bond acceptors (Lipinski definition) is 5. The molecule has 1 aromatic rings. The predicted molar refractivity (Wildman–Crippen MR) is 83.5 cm³/mol. The molecule has 1 aliphatic rings. The third-order valence-electron chi connectivity index (χ3n) is 3.60. The lowest BCUT2D eigenvalue weighted by Gasteiger charge is -2.31. The second-order valence-electron chi connectivity index (χ2n) is 5.02. The van der Waals surface area contributed by atoms with Crippen LogP contribution in [0.2, 0.25) is 0 Å². The van der Waals surface area contributed by atoms with Crippen LogP contribution in [0.3, 0.4) is 0 Å². The van der Waals surface area contributed by atoms with Crippen LogP contribution in [0.1, 0.15) is 18.5 Å². The number of hydrogen-bond donors (Lipinski definition) is 1. The normalized spacial score (nSPS) is 17.8. The third kappa shape index (κ3) is 3.57. The van der Waals surface area contributed by atoms with Crippen molar-refractivity contribution in [1.29, 1.82) is 0 Å². The first-order valence-electron chi connectivity index (χ1n) is 6.70. The maximum absolute atomic E-state index is 12.7. The fraction of sp³-hybridized carbons (Fsp3) is 0.538. The van der Waals surface area contributed by atoms with Gasteiger partial charge >= 0.3 is 0 Å². The van der Waals surface area contributed by atoms with Crippen molar-refractivity contribution >= 4 is 27.2 Å². The van der Waals surface area contributed by atoms with E-state index in [1.165, 1.54) is 16.6 Å². The summed E-state index contributed by atoms with van der Waals surface area (Å²) in [6.07, 6.45) is 3.06. The monoisotopic (exact) mass is 329 g/mol. The van der Waals surface area contributed by atoms with Crippen molar-refractivity contribution in [2.24, 2.45) is 11.7 Å². The number of ether oxygens (including phenoxy) is 1. The van der Waals surface area contributed by atoms with Gasteiger partial charge in [-0.2, -0.15) is 4.31 Å². The number of sulfonamides is 1. The van der Waals surface area contributed by atoms with E-state index in [1.54, 1.807) is 13.2 Å². The van der Waals surface area contributed by atoms with E-state index in [0.29, 0.717) is 25.6 Å². The van der Waals surface area contributed by atoms with Crippen LogP contribution in [-0.2, 0) is 14.8 Å². The molecule has 0 aliphatic carbocycles. The van der Waals surface area contributed by atoms with Crippen LogP contribution < -0.4 is 5.73 Å². The SMILES string of the molecule is COCC1CCN(S(=O)(=O)c2cccnc2C(N)=S)CC1. The van der Waals surface area contributed by atoms with Crippen LogP contribution in [0, 0.1) is 5.92 Å². The van der Waals surface area contributed by atoms with Crippen LogP contribution in [0.5, 0.6) is 0 Å². The van der Waals surface area contributed by atoms with Gasteiger partial charge in [0.05, 0.1) is 0 Å². The zero-order valence-corrected chi connectivity index (χ0v) is 13.5. The minimum absolute atomic E-state index is 0.0107. The van der Waals surface area contributed by atoms with E-state index in [-0.39, 0.29) is 15.6 Å². The summed E-state index contributed by atoms with van der Waals surface area (Å²) in [5.41, 5.74) is 5.73. The average Bonchev–Trinajstić information content (AvgIpc) is 2.48. The molecule has 0 bridgehead atoms. The van der Waals surface area contributed by atoms with E-state index < -0.39 is 10.0 Å². The summed E-state index contributed by atoms with van der Waals surface area (Å²) in [6.45, 7) is 1.61. The number of methoxy groups -OCH3 is 1. The Hall–Kier alpha value is -1.09. The highest BCUT2D eigenvalue weighted by molar-refractivity contribution is 7.89. The molecule has 8 heteroatoms. The Morgan fingerprint density at radius 3 is 2.76 bits per heavy atom. The maximum Gasteiger partial charge on any atom is 0.245 e. The van der Waals surface area contributed by atoms with Crippen molar-refractivity contribution in [3.05, 3.63) is 24.0 Å².